The van der Waals surface area contributed by atoms with Crippen molar-refractivity contribution in [1.29, 1.82) is 0 Å². The van der Waals surface area contributed by atoms with Crippen LogP contribution in [0.5, 0.6) is 0 Å². The van der Waals surface area contributed by atoms with Crippen LogP contribution in [0.2, 0.25) is 0 Å². The van der Waals surface area contributed by atoms with Crippen molar-refractivity contribution in [3.8, 4) is 0 Å². The van der Waals surface area contributed by atoms with E-state index in [0.717, 1.165) is 63.6 Å². The summed E-state index contributed by atoms with van der Waals surface area (Å²) in [6, 6.07) is 12.5. The highest BCUT2D eigenvalue weighted by molar-refractivity contribution is 5.53. The molecule has 0 aliphatic heterocycles. The summed E-state index contributed by atoms with van der Waals surface area (Å²) in [7, 11) is 2.10. The Balaban J connectivity index is 1.78. The van der Waals surface area contributed by atoms with Crippen molar-refractivity contribution >= 4 is 0 Å². The molecule has 0 atom stereocenters. The first-order valence-electron chi connectivity index (χ1n) is 13.6. The summed E-state index contributed by atoms with van der Waals surface area (Å²) in [6.07, 6.45) is 17.0. The van der Waals surface area contributed by atoms with Gasteiger partial charge in [-0.25, -0.2) is 4.98 Å². The molecule has 0 aliphatic carbocycles. The van der Waals surface area contributed by atoms with Gasteiger partial charge in [-0.05, 0) is 109 Å². The summed E-state index contributed by atoms with van der Waals surface area (Å²) >= 11 is 0. The molecule has 4 rings (SSSR count). The molecule has 1 aromatic carbocycles. The van der Waals surface area contributed by atoms with E-state index in [0.29, 0.717) is 0 Å². The highest BCUT2D eigenvalue weighted by Gasteiger charge is 2.21. The number of aryl methyl sites for hydroxylation is 4. The molecule has 4 aromatic rings. The molecule has 4 heteroatoms. The summed E-state index contributed by atoms with van der Waals surface area (Å²) in [5, 5.41) is 0. The fraction of sp³-hybridized carbons (Fsp3) is 0.406. The maximum Gasteiger partial charge on any atom is 0.108 e. The Kier molecular flexibility index (Phi) is 9.05. The zero-order valence-electron chi connectivity index (χ0n) is 22.4. The molecule has 0 saturated carbocycles. The van der Waals surface area contributed by atoms with Crippen molar-refractivity contribution in [3.05, 3.63) is 112 Å². The van der Waals surface area contributed by atoms with E-state index in [-0.39, 0.29) is 0 Å². The minimum atomic E-state index is 0.967. The van der Waals surface area contributed by atoms with Crippen LogP contribution in [0.1, 0.15) is 71.4 Å². The van der Waals surface area contributed by atoms with E-state index < -0.39 is 0 Å². The molecule has 0 aliphatic rings. The van der Waals surface area contributed by atoms with Gasteiger partial charge in [-0.3, -0.25) is 9.97 Å². The van der Waals surface area contributed by atoms with Crippen LogP contribution < -0.4 is 0 Å². The highest BCUT2D eigenvalue weighted by atomic mass is 15.0. The number of hydrogen-bond donors (Lipinski definition) is 0. The van der Waals surface area contributed by atoms with Gasteiger partial charge in [-0.2, -0.15) is 0 Å². The van der Waals surface area contributed by atoms with E-state index in [1.54, 1.807) is 33.4 Å². The molecule has 0 spiro atoms. The summed E-state index contributed by atoms with van der Waals surface area (Å²) in [6.45, 7) is 6.99. The van der Waals surface area contributed by atoms with Crippen LogP contribution >= 0.6 is 0 Å². The number of aromatic nitrogens is 4. The van der Waals surface area contributed by atoms with Gasteiger partial charge in [0.1, 0.15) is 5.82 Å². The smallest absolute Gasteiger partial charge is 0.108 e. The Morgan fingerprint density at radius 3 is 1.36 bits per heavy atom. The van der Waals surface area contributed by atoms with Crippen molar-refractivity contribution in [2.75, 3.05) is 0 Å². The van der Waals surface area contributed by atoms with Crippen molar-refractivity contribution < 1.29 is 0 Å². The Hall–Kier alpha value is -3.27. The van der Waals surface area contributed by atoms with Crippen LogP contribution in [0.4, 0.5) is 0 Å². The van der Waals surface area contributed by atoms with Crippen LogP contribution in [-0.4, -0.2) is 19.5 Å². The van der Waals surface area contributed by atoms with E-state index in [2.05, 4.69) is 71.6 Å². The van der Waals surface area contributed by atoms with E-state index in [9.17, 15) is 0 Å². The van der Waals surface area contributed by atoms with E-state index in [4.69, 9.17) is 0 Å². The molecule has 0 N–H and O–H groups in total. The second kappa shape index (κ2) is 12.6. The lowest BCUT2D eigenvalue weighted by atomic mass is 9.79. The molecule has 0 amide bonds. The van der Waals surface area contributed by atoms with Crippen molar-refractivity contribution in [3.63, 3.8) is 0 Å². The number of benzene rings is 1. The minimum absolute atomic E-state index is 0.967. The molecular formula is C32H40N4. The Bertz CT molecular complexity index is 1170. The number of nitrogens with zero attached hydrogens (tertiary/aromatic N) is 4. The first-order valence-corrected chi connectivity index (χ1v) is 13.6. The third-order valence-electron chi connectivity index (χ3n) is 7.48. The predicted octanol–water partition coefficient (Wildman–Crippen LogP) is 6.25. The second-order valence-corrected chi connectivity index (χ2v) is 9.53. The lowest BCUT2D eigenvalue weighted by Gasteiger charge is -2.26. The molecule has 0 bridgehead atoms. The average molecular weight is 481 g/mol. The predicted molar refractivity (Wildman–Crippen MR) is 148 cm³/mol. The molecule has 0 fully saturated rings. The number of pyridine rings is 2. The third-order valence-corrected chi connectivity index (χ3v) is 7.48. The molecule has 3 aromatic heterocycles. The molecule has 36 heavy (non-hydrogen) atoms. The quantitative estimate of drug-likeness (QED) is 0.241. The Morgan fingerprint density at radius 1 is 0.528 bits per heavy atom. The first kappa shape index (κ1) is 25.8. The summed E-state index contributed by atoms with van der Waals surface area (Å²) in [5.74, 6) is 1.16. The number of hydrogen-bond acceptors (Lipinski definition) is 3. The molecule has 3 heterocycles. The molecular weight excluding hydrogens is 440 g/mol. The fourth-order valence-corrected chi connectivity index (χ4v) is 5.75. The van der Waals surface area contributed by atoms with Gasteiger partial charge in [0.2, 0.25) is 0 Å². The topological polar surface area (TPSA) is 43.6 Å². The van der Waals surface area contributed by atoms with Crippen LogP contribution in [0.3, 0.4) is 0 Å². The standard InChI is InChI=1S/C32H40N4/c1-5-26-29(16-14-24-12-8-10-20-33-24)27(6-2)31(18-19-32-35-22-23-36(32)4)28(7-3)30(26)17-15-25-13-9-11-21-34-25/h8-13,20-23H,5-7,14-19H2,1-4H3. The van der Waals surface area contributed by atoms with Crippen LogP contribution in [0.25, 0.3) is 0 Å². The van der Waals surface area contributed by atoms with Crippen LogP contribution in [0.15, 0.2) is 61.2 Å². The van der Waals surface area contributed by atoms with Gasteiger partial charge in [0, 0.05) is 49.6 Å². The van der Waals surface area contributed by atoms with Crippen molar-refractivity contribution in [2.24, 2.45) is 7.05 Å². The fourth-order valence-electron chi connectivity index (χ4n) is 5.75. The van der Waals surface area contributed by atoms with Crippen molar-refractivity contribution in [2.45, 2.75) is 78.6 Å². The summed E-state index contributed by atoms with van der Waals surface area (Å²) in [4.78, 5) is 13.9. The van der Waals surface area contributed by atoms with Gasteiger partial charge in [0.15, 0.2) is 0 Å². The largest absolute Gasteiger partial charge is 0.338 e. The van der Waals surface area contributed by atoms with E-state index in [1.165, 1.54) is 11.4 Å². The molecule has 0 saturated heterocycles. The van der Waals surface area contributed by atoms with E-state index in [1.807, 2.05) is 36.9 Å². The van der Waals surface area contributed by atoms with Gasteiger partial charge in [-0.15, -0.1) is 0 Å². The maximum atomic E-state index is 4.62. The molecule has 0 unspecified atom stereocenters. The van der Waals surface area contributed by atoms with Crippen LogP contribution in [0, 0.1) is 0 Å². The SMILES string of the molecule is CCc1c(CCc2ccccn2)c(CC)c(CCc2nccn2C)c(CC)c1CCc1ccccn1. The Labute approximate surface area is 216 Å². The minimum Gasteiger partial charge on any atom is -0.338 e. The number of imidazole rings is 1. The zero-order valence-corrected chi connectivity index (χ0v) is 22.4. The normalized spacial score (nSPS) is 11.2. The second-order valence-electron chi connectivity index (χ2n) is 9.53. The molecule has 188 valence electrons. The zero-order chi connectivity index (χ0) is 25.3. The Morgan fingerprint density at radius 2 is 1.00 bits per heavy atom. The van der Waals surface area contributed by atoms with E-state index >= 15 is 0 Å². The van der Waals surface area contributed by atoms with Crippen molar-refractivity contribution in [1.82, 2.24) is 19.5 Å². The summed E-state index contributed by atoms with van der Waals surface area (Å²) < 4.78 is 2.15. The monoisotopic (exact) mass is 480 g/mol. The first-order chi connectivity index (χ1) is 17.7. The van der Waals surface area contributed by atoms with Gasteiger partial charge in [0.05, 0.1) is 0 Å². The molecule has 0 radical (unpaired) electrons. The number of rotatable bonds is 12. The molecule has 4 nitrogen and oxygen atoms in total. The average Bonchev–Trinajstić information content (AvgIpc) is 3.34. The third kappa shape index (κ3) is 5.92. The van der Waals surface area contributed by atoms with Gasteiger partial charge in [0.25, 0.3) is 0 Å². The van der Waals surface area contributed by atoms with Gasteiger partial charge in [-0.1, -0.05) is 32.9 Å². The lowest BCUT2D eigenvalue weighted by molar-refractivity contribution is 0.751. The summed E-state index contributed by atoms with van der Waals surface area (Å²) in [5.41, 5.74) is 11.7. The highest BCUT2D eigenvalue weighted by Crippen LogP contribution is 2.33. The maximum absolute atomic E-state index is 4.62. The van der Waals surface area contributed by atoms with Gasteiger partial charge < -0.3 is 4.57 Å². The lowest BCUT2D eigenvalue weighted by Crippen LogP contribution is -2.16. The van der Waals surface area contributed by atoms with Gasteiger partial charge >= 0.3 is 0 Å². The van der Waals surface area contributed by atoms with Crippen LogP contribution in [-0.2, 0) is 64.8 Å².